The molecule has 0 aromatic heterocycles. The van der Waals surface area contributed by atoms with Crippen molar-refractivity contribution in [1.82, 2.24) is 4.90 Å². The van der Waals surface area contributed by atoms with Crippen molar-refractivity contribution in [3.05, 3.63) is 29.3 Å². The molecule has 2 amide bonds. The molecule has 6 heteroatoms. The number of hydrogen-bond donors (Lipinski definition) is 0. The number of anilines is 1. The summed E-state index contributed by atoms with van der Waals surface area (Å²) in [4.78, 5) is 29.6. The highest BCUT2D eigenvalue weighted by molar-refractivity contribution is 6.45. The second-order valence-corrected chi connectivity index (χ2v) is 4.24. The van der Waals surface area contributed by atoms with Crippen molar-refractivity contribution in [1.29, 1.82) is 0 Å². The van der Waals surface area contributed by atoms with Crippen molar-refractivity contribution >= 4 is 35.1 Å². The molecule has 1 aromatic rings. The first-order chi connectivity index (χ1) is 8.16. The van der Waals surface area contributed by atoms with E-state index in [0.717, 1.165) is 5.69 Å². The van der Waals surface area contributed by atoms with Crippen LogP contribution in [0.5, 0.6) is 0 Å². The number of fused-ring (bicyclic) bond motifs is 1. The highest BCUT2D eigenvalue weighted by Crippen LogP contribution is 2.24. The van der Waals surface area contributed by atoms with Gasteiger partial charge in [-0.2, -0.15) is 4.99 Å². The first kappa shape index (κ1) is 10.3. The van der Waals surface area contributed by atoms with E-state index in [1.807, 2.05) is 17.0 Å². The lowest BCUT2D eigenvalue weighted by molar-refractivity contribution is -0.139. The molecule has 2 heterocycles. The van der Waals surface area contributed by atoms with Crippen molar-refractivity contribution in [2.45, 2.75) is 0 Å². The third-order valence-electron chi connectivity index (χ3n) is 2.80. The van der Waals surface area contributed by atoms with E-state index in [4.69, 9.17) is 11.6 Å². The molecule has 0 saturated carbocycles. The maximum atomic E-state index is 11.4. The summed E-state index contributed by atoms with van der Waals surface area (Å²) in [5, 5.41) is 0.644. The highest BCUT2D eigenvalue weighted by atomic mass is 35.5. The molecule has 0 bridgehead atoms. The van der Waals surface area contributed by atoms with Gasteiger partial charge in [0, 0.05) is 23.8 Å². The molecular weight excluding hydrogens is 242 g/mol. The minimum absolute atomic E-state index is 0.419. The standard InChI is InChI=1S/C11H8ClN3O2/c12-7-1-3-8(4-2-7)14-5-6-15-10(17)9(16)13-11(14)15/h1-4H,5-6H2. The fraction of sp³-hybridized carbons (Fsp3) is 0.182. The van der Waals surface area contributed by atoms with Gasteiger partial charge in [-0.15, -0.1) is 0 Å². The summed E-state index contributed by atoms with van der Waals surface area (Å²) in [6.07, 6.45) is 0. The average molecular weight is 250 g/mol. The van der Waals surface area contributed by atoms with E-state index in [-0.39, 0.29) is 0 Å². The molecule has 3 rings (SSSR count). The summed E-state index contributed by atoms with van der Waals surface area (Å²) in [5.74, 6) is -0.822. The van der Waals surface area contributed by atoms with Gasteiger partial charge in [-0.05, 0) is 24.3 Å². The van der Waals surface area contributed by atoms with E-state index in [1.54, 1.807) is 12.1 Å². The van der Waals surface area contributed by atoms with E-state index in [2.05, 4.69) is 4.99 Å². The molecule has 0 radical (unpaired) electrons. The van der Waals surface area contributed by atoms with Crippen LogP contribution in [0.1, 0.15) is 0 Å². The number of hydrogen-bond acceptors (Lipinski definition) is 3. The van der Waals surface area contributed by atoms with E-state index in [0.29, 0.717) is 24.1 Å². The molecule has 0 atom stereocenters. The predicted molar refractivity (Wildman–Crippen MR) is 63.0 cm³/mol. The SMILES string of the molecule is O=C1N=C2N(CCN2c2ccc(Cl)cc2)C1=O. The number of nitrogens with zero attached hydrogens (tertiary/aromatic N) is 3. The van der Waals surface area contributed by atoms with Gasteiger partial charge in [0.2, 0.25) is 5.96 Å². The Hall–Kier alpha value is -1.88. The molecule has 1 fully saturated rings. The van der Waals surface area contributed by atoms with Gasteiger partial charge in [0.25, 0.3) is 0 Å². The van der Waals surface area contributed by atoms with Gasteiger partial charge in [-0.1, -0.05) is 11.6 Å². The van der Waals surface area contributed by atoms with Gasteiger partial charge in [0.1, 0.15) is 0 Å². The fourth-order valence-corrected chi connectivity index (χ4v) is 2.10. The molecule has 0 N–H and O–H groups in total. The molecule has 2 aliphatic heterocycles. The number of guanidine groups is 1. The highest BCUT2D eigenvalue weighted by Gasteiger charge is 2.41. The van der Waals surface area contributed by atoms with Crippen LogP contribution in [0.15, 0.2) is 29.3 Å². The smallest absolute Gasteiger partial charge is 0.310 e. The van der Waals surface area contributed by atoms with Crippen LogP contribution in [0.25, 0.3) is 0 Å². The van der Waals surface area contributed by atoms with Crippen LogP contribution in [0.4, 0.5) is 5.69 Å². The molecule has 1 saturated heterocycles. The first-order valence-corrected chi connectivity index (χ1v) is 5.52. The van der Waals surface area contributed by atoms with Crippen LogP contribution in [-0.4, -0.2) is 35.8 Å². The number of aliphatic imine (C=N–C) groups is 1. The number of carbonyl (C=O) groups excluding carboxylic acids is 2. The van der Waals surface area contributed by atoms with Crippen LogP contribution in [-0.2, 0) is 9.59 Å². The van der Waals surface area contributed by atoms with Crippen LogP contribution in [0, 0.1) is 0 Å². The second kappa shape index (κ2) is 3.56. The molecule has 86 valence electrons. The van der Waals surface area contributed by atoms with Crippen molar-refractivity contribution in [2.75, 3.05) is 18.0 Å². The topological polar surface area (TPSA) is 53.0 Å². The Balaban J connectivity index is 1.96. The monoisotopic (exact) mass is 249 g/mol. The molecule has 1 aromatic carbocycles. The summed E-state index contributed by atoms with van der Waals surface area (Å²) >= 11 is 5.81. The Morgan fingerprint density at radius 1 is 1.06 bits per heavy atom. The number of benzene rings is 1. The summed E-state index contributed by atoms with van der Waals surface area (Å²) < 4.78 is 0. The van der Waals surface area contributed by atoms with Crippen molar-refractivity contribution in [2.24, 2.45) is 4.99 Å². The quantitative estimate of drug-likeness (QED) is 0.695. The zero-order valence-corrected chi connectivity index (χ0v) is 9.52. The summed E-state index contributed by atoms with van der Waals surface area (Å²) in [5.41, 5.74) is 0.873. The number of halogens is 1. The summed E-state index contributed by atoms with van der Waals surface area (Å²) in [6, 6.07) is 7.20. The van der Waals surface area contributed by atoms with Crippen LogP contribution in [0.3, 0.4) is 0 Å². The lowest BCUT2D eigenvalue weighted by atomic mass is 10.3. The lowest BCUT2D eigenvalue weighted by Crippen LogP contribution is -2.33. The van der Waals surface area contributed by atoms with Gasteiger partial charge in [0.15, 0.2) is 0 Å². The number of amides is 2. The van der Waals surface area contributed by atoms with Crippen LogP contribution in [0.2, 0.25) is 5.02 Å². The Bertz CT molecular complexity index is 538. The Kier molecular flexibility index (Phi) is 2.16. The van der Waals surface area contributed by atoms with Crippen molar-refractivity contribution in [3.8, 4) is 0 Å². The fourth-order valence-electron chi connectivity index (χ4n) is 1.98. The van der Waals surface area contributed by atoms with E-state index < -0.39 is 11.8 Å². The van der Waals surface area contributed by atoms with Gasteiger partial charge in [0.05, 0.1) is 0 Å². The molecule has 5 nitrogen and oxygen atoms in total. The molecule has 2 aliphatic rings. The molecule has 0 aliphatic carbocycles. The average Bonchev–Trinajstić information content (AvgIpc) is 2.83. The second-order valence-electron chi connectivity index (χ2n) is 3.80. The van der Waals surface area contributed by atoms with E-state index in [1.165, 1.54) is 4.90 Å². The van der Waals surface area contributed by atoms with Gasteiger partial charge in [-0.25, -0.2) is 0 Å². The summed E-state index contributed by atoms with van der Waals surface area (Å²) in [7, 11) is 0. The Morgan fingerprint density at radius 2 is 1.71 bits per heavy atom. The van der Waals surface area contributed by atoms with Crippen LogP contribution < -0.4 is 4.90 Å². The molecule has 0 spiro atoms. The number of carbonyl (C=O) groups is 2. The largest absolute Gasteiger partial charge is 0.338 e. The van der Waals surface area contributed by atoms with Crippen molar-refractivity contribution in [3.63, 3.8) is 0 Å². The zero-order valence-electron chi connectivity index (χ0n) is 8.76. The maximum Gasteiger partial charge on any atom is 0.338 e. The van der Waals surface area contributed by atoms with Gasteiger partial charge < -0.3 is 4.90 Å². The Morgan fingerprint density at radius 3 is 2.41 bits per heavy atom. The molecular formula is C11H8ClN3O2. The Labute approximate surface area is 102 Å². The first-order valence-electron chi connectivity index (χ1n) is 5.14. The van der Waals surface area contributed by atoms with E-state index in [9.17, 15) is 9.59 Å². The molecule has 17 heavy (non-hydrogen) atoms. The van der Waals surface area contributed by atoms with E-state index >= 15 is 0 Å². The summed E-state index contributed by atoms with van der Waals surface area (Å²) in [6.45, 7) is 1.13. The third kappa shape index (κ3) is 1.51. The number of rotatable bonds is 1. The van der Waals surface area contributed by atoms with Crippen molar-refractivity contribution < 1.29 is 9.59 Å². The minimum atomic E-state index is -0.696. The predicted octanol–water partition coefficient (Wildman–Crippen LogP) is 0.885. The van der Waals surface area contributed by atoms with Gasteiger partial charge in [-0.3, -0.25) is 14.5 Å². The van der Waals surface area contributed by atoms with Crippen LogP contribution >= 0.6 is 11.6 Å². The van der Waals surface area contributed by atoms with Gasteiger partial charge >= 0.3 is 11.8 Å². The molecule has 0 unspecified atom stereocenters. The normalized spacial score (nSPS) is 18.8. The third-order valence-corrected chi connectivity index (χ3v) is 3.05. The maximum absolute atomic E-state index is 11.4. The minimum Gasteiger partial charge on any atom is -0.310 e. The lowest BCUT2D eigenvalue weighted by Gasteiger charge is -2.17. The zero-order chi connectivity index (χ0) is 12.0.